The van der Waals surface area contributed by atoms with E-state index in [-0.39, 0.29) is 18.4 Å². The Labute approximate surface area is 115 Å². The van der Waals surface area contributed by atoms with Crippen LogP contribution in [0.5, 0.6) is 0 Å². The van der Waals surface area contributed by atoms with E-state index in [9.17, 15) is 8.42 Å². The highest BCUT2D eigenvalue weighted by Gasteiger charge is 2.19. The zero-order valence-corrected chi connectivity index (χ0v) is 12.6. The van der Waals surface area contributed by atoms with Gasteiger partial charge >= 0.3 is 0 Å². The molecule has 108 valence electrons. The minimum atomic E-state index is -3.24. The molecule has 0 saturated heterocycles. The van der Waals surface area contributed by atoms with Crippen molar-refractivity contribution < 1.29 is 13.5 Å². The van der Waals surface area contributed by atoms with Gasteiger partial charge in [0.15, 0.2) is 9.84 Å². The van der Waals surface area contributed by atoms with E-state index in [0.717, 1.165) is 0 Å². The molecule has 0 bridgehead atoms. The summed E-state index contributed by atoms with van der Waals surface area (Å²) in [4.78, 5) is 0.334. The predicted molar refractivity (Wildman–Crippen MR) is 78.1 cm³/mol. The van der Waals surface area contributed by atoms with E-state index in [1.54, 1.807) is 25.1 Å². The average Bonchev–Trinajstić information content (AvgIpc) is 2.38. The summed E-state index contributed by atoms with van der Waals surface area (Å²) in [5.74, 6) is 0.391. The van der Waals surface area contributed by atoms with Crippen LogP contribution in [0, 0.1) is 5.92 Å². The first kappa shape index (κ1) is 16.0. The fourth-order valence-electron chi connectivity index (χ4n) is 1.92. The lowest BCUT2D eigenvalue weighted by molar-refractivity contribution is 0.267. The molecular weight excluding hydrogens is 262 g/mol. The fourth-order valence-corrected chi connectivity index (χ4v) is 2.98. The summed E-state index contributed by atoms with van der Waals surface area (Å²) in [7, 11) is -3.24. The molecule has 0 saturated carbocycles. The van der Waals surface area contributed by atoms with E-state index < -0.39 is 9.84 Å². The Morgan fingerprint density at radius 2 is 1.89 bits per heavy atom. The average molecular weight is 285 g/mol. The van der Waals surface area contributed by atoms with Crippen LogP contribution in [0.15, 0.2) is 29.2 Å². The molecule has 0 aliphatic heterocycles. The van der Waals surface area contributed by atoms with E-state index in [1.165, 1.54) is 0 Å². The van der Waals surface area contributed by atoms with Crippen LogP contribution >= 0.6 is 0 Å². The van der Waals surface area contributed by atoms with Gasteiger partial charge in [0.2, 0.25) is 0 Å². The second-order valence-corrected chi connectivity index (χ2v) is 7.15. The van der Waals surface area contributed by atoms with Crippen molar-refractivity contribution in [1.29, 1.82) is 0 Å². The van der Waals surface area contributed by atoms with Crippen molar-refractivity contribution in [3.8, 4) is 0 Å². The number of para-hydroxylation sites is 1. The van der Waals surface area contributed by atoms with Crippen molar-refractivity contribution in [3.63, 3.8) is 0 Å². The maximum absolute atomic E-state index is 12.0. The van der Waals surface area contributed by atoms with E-state index in [1.807, 2.05) is 19.9 Å². The molecule has 0 aromatic heterocycles. The van der Waals surface area contributed by atoms with Crippen molar-refractivity contribution in [1.82, 2.24) is 0 Å². The third kappa shape index (κ3) is 4.21. The molecule has 1 aromatic carbocycles. The van der Waals surface area contributed by atoms with Gasteiger partial charge in [0.25, 0.3) is 0 Å². The molecule has 0 fully saturated rings. The Morgan fingerprint density at radius 3 is 2.42 bits per heavy atom. The van der Waals surface area contributed by atoms with Crippen molar-refractivity contribution in [2.75, 3.05) is 17.7 Å². The summed E-state index contributed by atoms with van der Waals surface area (Å²) in [5.41, 5.74) is 0.622. The Balaban J connectivity index is 3.07. The van der Waals surface area contributed by atoms with Crippen LogP contribution in [0.3, 0.4) is 0 Å². The first-order valence-corrected chi connectivity index (χ1v) is 8.26. The topological polar surface area (TPSA) is 66.4 Å². The predicted octanol–water partition coefficient (Wildman–Crippen LogP) is 2.30. The lowest BCUT2D eigenvalue weighted by atomic mass is 10.0. The molecule has 0 aliphatic rings. The third-order valence-corrected chi connectivity index (χ3v) is 4.97. The largest absolute Gasteiger partial charge is 0.396 e. The van der Waals surface area contributed by atoms with Gasteiger partial charge in [-0.3, -0.25) is 0 Å². The van der Waals surface area contributed by atoms with E-state index in [0.29, 0.717) is 22.9 Å². The Kier molecular flexibility index (Phi) is 5.82. The number of hydrogen-bond acceptors (Lipinski definition) is 4. The summed E-state index contributed by atoms with van der Waals surface area (Å²) >= 11 is 0. The first-order chi connectivity index (χ1) is 8.92. The quantitative estimate of drug-likeness (QED) is 0.806. The summed E-state index contributed by atoms with van der Waals surface area (Å²) in [6.45, 7) is 5.81. The molecule has 1 aromatic rings. The highest BCUT2D eigenvalue weighted by atomic mass is 32.2. The third-order valence-electron chi connectivity index (χ3n) is 3.19. The summed E-state index contributed by atoms with van der Waals surface area (Å²) in [5, 5.41) is 12.3. The fraction of sp³-hybridized carbons (Fsp3) is 0.571. The molecule has 0 amide bonds. The summed E-state index contributed by atoms with van der Waals surface area (Å²) in [6, 6.07) is 6.99. The molecule has 19 heavy (non-hydrogen) atoms. The number of benzene rings is 1. The SMILES string of the molecule is CCS(=O)(=O)c1ccccc1NC(CCO)C(C)C. The molecule has 1 atom stereocenters. The minimum Gasteiger partial charge on any atom is -0.396 e. The second-order valence-electron chi connectivity index (χ2n) is 4.91. The highest BCUT2D eigenvalue weighted by Crippen LogP contribution is 2.24. The van der Waals surface area contributed by atoms with Crippen molar-refractivity contribution in [2.24, 2.45) is 5.92 Å². The van der Waals surface area contributed by atoms with Gasteiger partial charge in [-0.15, -0.1) is 0 Å². The minimum absolute atomic E-state index is 0.0539. The zero-order valence-electron chi connectivity index (χ0n) is 11.8. The number of sulfone groups is 1. The normalized spacial score (nSPS) is 13.5. The smallest absolute Gasteiger partial charge is 0.180 e. The molecule has 4 nitrogen and oxygen atoms in total. The van der Waals surface area contributed by atoms with Gasteiger partial charge < -0.3 is 10.4 Å². The van der Waals surface area contributed by atoms with Crippen LogP contribution in [-0.4, -0.2) is 31.9 Å². The maximum Gasteiger partial charge on any atom is 0.180 e. The number of nitrogens with one attached hydrogen (secondary N) is 1. The Bertz CT molecular complexity index is 497. The summed E-state index contributed by atoms with van der Waals surface area (Å²) in [6.07, 6.45) is 0.595. The molecule has 0 spiro atoms. The van der Waals surface area contributed by atoms with Gasteiger partial charge in [-0.25, -0.2) is 8.42 Å². The first-order valence-electron chi connectivity index (χ1n) is 6.61. The van der Waals surface area contributed by atoms with Gasteiger partial charge in [-0.2, -0.15) is 0 Å². The standard InChI is InChI=1S/C14H23NO3S/c1-4-19(17,18)14-8-6-5-7-13(14)15-12(9-10-16)11(2)3/h5-8,11-12,15-16H,4,9-10H2,1-3H3. The van der Waals surface area contributed by atoms with Crippen LogP contribution in [0.25, 0.3) is 0 Å². The lowest BCUT2D eigenvalue weighted by Gasteiger charge is -2.24. The molecule has 2 N–H and O–H groups in total. The number of aliphatic hydroxyl groups excluding tert-OH is 1. The van der Waals surface area contributed by atoms with Gasteiger partial charge in [0, 0.05) is 12.6 Å². The second kappa shape index (κ2) is 6.91. The molecule has 0 aliphatic carbocycles. The van der Waals surface area contributed by atoms with Crippen molar-refractivity contribution >= 4 is 15.5 Å². The van der Waals surface area contributed by atoms with Gasteiger partial charge in [0.05, 0.1) is 16.3 Å². The molecule has 0 heterocycles. The van der Waals surface area contributed by atoms with E-state index >= 15 is 0 Å². The molecule has 0 radical (unpaired) electrons. The molecule has 5 heteroatoms. The number of aliphatic hydroxyl groups is 1. The van der Waals surface area contributed by atoms with Crippen LogP contribution in [0.1, 0.15) is 27.2 Å². The zero-order chi connectivity index (χ0) is 14.5. The van der Waals surface area contributed by atoms with Crippen molar-refractivity contribution in [3.05, 3.63) is 24.3 Å². The maximum atomic E-state index is 12.0. The Hall–Kier alpha value is -1.07. The lowest BCUT2D eigenvalue weighted by Crippen LogP contribution is -2.27. The van der Waals surface area contributed by atoms with Gasteiger partial charge in [-0.05, 0) is 24.5 Å². The van der Waals surface area contributed by atoms with Crippen LogP contribution in [-0.2, 0) is 9.84 Å². The number of rotatable bonds is 7. The number of anilines is 1. The molecular formula is C14H23NO3S. The number of hydrogen-bond donors (Lipinski definition) is 2. The van der Waals surface area contributed by atoms with Crippen molar-refractivity contribution in [2.45, 2.75) is 38.1 Å². The van der Waals surface area contributed by atoms with Gasteiger partial charge in [0.1, 0.15) is 0 Å². The van der Waals surface area contributed by atoms with E-state index in [2.05, 4.69) is 5.32 Å². The van der Waals surface area contributed by atoms with Crippen LogP contribution in [0.4, 0.5) is 5.69 Å². The van der Waals surface area contributed by atoms with Crippen LogP contribution < -0.4 is 5.32 Å². The van der Waals surface area contributed by atoms with E-state index in [4.69, 9.17) is 5.11 Å². The van der Waals surface area contributed by atoms with Gasteiger partial charge in [-0.1, -0.05) is 32.9 Å². The van der Waals surface area contributed by atoms with Crippen LogP contribution in [0.2, 0.25) is 0 Å². The Morgan fingerprint density at radius 1 is 1.26 bits per heavy atom. The highest BCUT2D eigenvalue weighted by molar-refractivity contribution is 7.91. The molecule has 1 unspecified atom stereocenters. The monoisotopic (exact) mass is 285 g/mol. The molecule has 1 rings (SSSR count). The summed E-state index contributed by atoms with van der Waals surface area (Å²) < 4.78 is 24.1.